The standard InChI is InChI=1S/C21H27NO2/c1-21(2,3)24-15-14-23-13-5-7-18-8-10-19(11-9-18)16-20-6-4-12-22-17-20/h4-12,17H,13-16H2,1-3H3/b7-5-. The van der Waals surface area contributed by atoms with Crippen LogP contribution < -0.4 is 0 Å². The highest BCUT2D eigenvalue weighted by Gasteiger charge is 2.08. The van der Waals surface area contributed by atoms with Crippen molar-refractivity contribution in [1.82, 2.24) is 4.98 Å². The van der Waals surface area contributed by atoms with E-state index >= 15 is 0 Å². The molecule has 1 heterocycles. The number of nitrogens with zero attached hydrogens (tertiary/aromatic N) is 1. The van der Waals surface area contributed by atoms with Crippen molar-refractivity contribution in [3.63, 3.8) is 0 Å². The molecule has 0 N–H and O–H groups in total. The summed E-state index contributed by atoms with van der Waals surface area (Å²) in [7, 11) is 0. The van der Waals surface area contributed by atoms with Crippen LogP contribution >= 0.6 is 0 Å². The topological polar surface area (TPSA) is 31.4 Å². The van der Waals surface area contributed by atoms with Gasteiger partial charge in [-0.05, 0) is 49.9 Å². The van der Waals surface area contributed by atoms with Gasteiger partial charge in [0.15, 0.2) is 0 Å². The Kier molecular flexibility index (Phi) is 7.16. The smallest absolute Gasteiger partial charge is 0.0707 e. The maximum absolute atomic E-state index is 5.60. The zero-order valence-electron chi connectivity index (χ0n) is 14.9. The van der Waals surface area contributed by atoms with Gasteiger partial charge < -0.3 is 9.47 Å². The third-order valence-corrected chi connectivity index (χ3v) is 3.40. The summed E-state index contributed by atoms with van der Waals surface area (Å²) in [5, 5.41) is 0. The molecule has 0 spiro atoms. The molecule has 0 saturated carbocycles. The quantitative estimate of drug-likeness (QED) is 0.669. The summed E-state index contributed by atoms with van der Waals surface area (Å²) in [6.07, 6.45) is 8.74. The van der Waals surface area contributed by atoms with Gasteiger partial charge in [-0.3, -0.25) is 4.98 Å². The van der Waals surface area contributed by atoms with Gasteiger partial charge in [-0.15, -0.1) is 0 Å². The maximum atomic E-state index is 5.60. The van der Waals surface area contributed by atoms with Crippen LogP contribution in [0.4, 0.5) is 0 Å². The predicted molar refractivity (Wildman–Crippen MR) is 99.0 cm³/mol. The van der Waals surface area contributed by atoms with E-state index in [1.54, 1.807) is 6.20 Å². The van der Waals surface area contributed by atoms with Gasteiger partial charge in [0.2, 0.25) is 0 Å². The average molecular weight is 325 g/mol. The lowest BCUT2D eigenvalue weighted by Crippen LogP contribution is -2.21. The summed E-state index contributed by atoms with van der Waals surface area (Å²) in [4.78, 5) is 4.15. The van der Waals surface area contributed by atoms with Crippen LogP contribution in [0.25, 0.3) is 6.08 Å². The molecule has 0 bridgehead atoms. The van der Waals surface area contributed by atoms with Crippen molar-refractivity contribution in [3.8, 4) is 0 Å². The number of hydrogen-bond acceptors (Lipinski definition) is 3. The summed E-state index contributed by atoms with van der Waals surface area (Å²) in [6.45, 7) is 7.98. The van der Waals surface area contributed by atoms with Crippen LogP contribution in [0.3, 0.4) is 0 Å². The average Bonchev–Trinajstić information content (AvgIpc) is 2.55. The minimum Gasteiger partial charge on any atom is -0.375 e. The minimum absolute atomic E-state index is 0.100. The fourth-order valence-electron chi connectivity index (χ4n) is 2.23. The molecule has 24 heavy (non-hydrogen) atoms. The van der Waals surface area contributed by atoms with Crippen LogP contribution in [0.15, 0.2) is 54.9 Å². The van der Waals surface area contributed by atoms with Gasteiger partial charge in [-0.2, -0.15) is 0 Å². The number of benzene rings is 1. The molecule has 1 aromatic carbocycles. The SMILES string of the molecule is CC(C)(C)OCCOC/C=C\c1ccc(Cc2cccnc2)cc1. The molecule has 2 aromatic rings. The number of aromatic nitrogens is 1. The van der Waals surface area contributed by atoms with Gasteiger partial charge in [0.05, 0.1) is 25.4 Å². The first kappa shape index (κ1) is 18.4. The summed E-state index contributed by atoms with van der Waals surface area (Å²) >= 11 is 0. The Morgan fingerprint density at radius 2 is 1.79 bits per heavy atom. The Hall–Kier alpha value is -1.97. The minimum atomic E-state index is -0.100. The van der Waals surface area contributed by atoms with Crippen LogP contribution in [-0.4, -0.2) is 30.4 Å². The first-order chi connectivity index (χ1) is 11.5. The first-order valence-electron chi connectivity index (χ1n) is 8.39. The largest absolute Gasteiger partial charge is 0.375 e. The van der Waals surface area contributed by atoms with Crippen molar-refractivity contribution in [3.05, 3.63) is 71.6 Å². The molecule has 0 radical (unpaired) electrons. The van der Waals surface area contributed by atoms with Crippen molar-refractivity contribution < 1.29 is 9.47 Å². The second-order valence-corrected chi connectivity index (χ2v) is 6.72. The van der Waals surface area contributed by atoms with Gasteiger partial charge in [0, 0.05) is 12.4 Å². The van der Waals surface area contributed by atoms with E-state index in [2.05, 4.69) is 41.4 Å². The molecule has 0 fully saturated rings. The molecule has 3 nitrogen and oxygen atoms in total. The molecular formula is C21H27NO2. The van der Waals surface area contributed by atoms with Crippen molar-refractivity contribution >= 4 is 6.08 Å². The molecule has 3 heteroatoms. The second kappa shape index (κ2) is 9.36. The highest BCUT2D eigenvalue weighted by molar-refractivity contribution is 5.50. The number of rotatable bonds is 8. The van der Waals surface area contributed by atoms with Gasteiger partial charge >= 0.3 is 0 Å². The predicted octanol–water partition coefficient (Wildman–Crippen LogP) is 4.52. The molecule has 1 aromatic heterocycles. The molecule has 0 aliphatic carbocycles. The molecule has 0 aliphatic heterocycles. The van der Waals surface area contributed by atoms with Crippen molar-refractivity contribution in [1.29, 1.82) is 0 Å². The Bertz CT molecular complexity index is 613. The third kappa shape index (κ3) is 7.53. The van der Waals surface area contributed by atoms with E-state index in [9.17, 15) is 0 Å². The van der Waals surface area contributed by atoms with Gasteiger partial charge in [0.1, 0.15) is 0 Å². The van der Waals surface area contributed by atoms with Crippen molar-refractivity contribution in [2.75, 3.05) is 19.8 Å². The normalized spacial score (nSPS) is 12.0. The Labute approximate surface area is 145 Å². The van der Waals surface area contributed by atoms with E-state index in [0.29, 0.717) is 19.8 Å². The van der Waals surface area contributed by atoms with E-state index in [1.807, 2.05) is 39.1 Å². The van der Waals surface area contributed by atoms with Crippen LogP contribution in [-0.2, 0) is 15.9 Å². The maximum Gasteiger partial charge on any atom is 0.0707 e. The van der Waals surface area contributed by atoms with Gasteiger partial charge in [-0.1, -0.05) is 42.5 Å². The molecule has 0 amide bonds. The Balaban J connectivity index is 1.69. The van der Waals surface area contributed by atoms with Crippen LogP contribution in [0.2, 0.25) is 0 Å². The molecule has 0 saturated heterocycles. The molecule has 0 atom stereocenters. The highest BCUT2D eigenvalue weighted by atomic mass is 16.5. The highest BCUT2D eigenvalue weighted by Crippen LogP contribution is 2.11. The van der Waals surface area contributed by atoms with Crippen molar-refractivity contribution in [2.24, 2.45) is 0 Å². The first-order valence-corrected chi connectivity index (χ1v) is 8.39. The van der Waals surface area contributed by atoms with E-state index in [4.69, 9.17) is 9.47 Å². The third-order valence-electron chi connectivity index (χ3n) is 3.40. The van der Waals surface area contributed by atoms with Crippen LogP contribution in [0.1, 0.15) is 37.5 Å². The zero-order chi connectivity index (χ0) is 17.3. The lowest BCUT2D eigenvalue weighted by atomic mass is 10.0. The number of pyridine rings is 1. The fourth-order valence-corrected chi connectivity index (χ4v) is 2.23. The molecule has 0 unspecified atom stereocenters. The lowest BCUT2D eigenvalue weighted by Gasteiger charge is -2.19. The van der Waals surface area contributed by atoms with Gasteiger partial charge in [-0.25, -0.2) is 0 Å². The van der Waals surface area contributed by atoms with Crippen molar-refractivity contribution in [2.45, 2.75) is 32.8 Å². The van der Waals surface area contributed by atoms with Gasteiger partial charge in [0.25, 0.3) is 0 Å². The van der Waals surface area contributed by atoms with E-state index in [1.165, 1.54) is 16.7 Å². The second-order valence-electron chi connectivity index (χ2n) is 6.72. The Morgan fingerprint density at radius 3 is 2.46 bits per heavy atom. The number of ether oxygens (including phenoxy) is 2. The molecule has 0 aliphatic rings. The fraction of sp³-hybridized carbons (Fsp3) is 0.381. The summed E-state index contributed by atoms with van der Waals surface area (Å²) < 4.78 is 11.1. The monoisotopic (exact) mass is 325 g/mol. The summed E-state index contributed by atoms with van der Waals surface area (Å²) in [6, 6.07) is 12.6. The van der Waals surface area contributed by atoms with E-state index in [0.717, 1.165) is 6.42 Å². The molecule has 2 rings (SSSR count). The molecular weight excluding hydrogens is 298 g/mol. The molecule has 128 valence electrons. The Morgan fingerprint density at radius 1 is 1.00 bits per heavy atom. The van der Waals surface area contributed by atoms with E-state index < -0.39 is 0 Å². The lowest BCUT2D eigenvalue weighted by molar-refractivity contribution is -0.0312. The summed E-state index contributed by atoms with van der Waals surface area (Å²) in [5.74, 6) is 0. The summed E-state index contributed by atoms with van der Waals surface area (Å²) in [5.41, 5.74) is 3.60. The zero-order valence-corrected chi connectivity index (χ0v) is 14.9. The van der Waals surface area contributed by atoms with Crippen LogP contribution in [0.5, 0.6) is 0 Å². The van der Waals surface area contributed by atoms with Crippen LogP contribution in [0, 0.1) is 0 Å². The van der Waals surface area contributed by atoms with E-state index in [-0.39, 0.29) is 5.60 Å². The number of hydrogen-bond donors (Lipinski definition) is 0.